The summed E-state index contributed by atoms with van der Waals surface area (Å²) in [6.45, 7) is 5.93. The van der Waals surface area contributed by atoms with Gasteiger partial charge in [-0.2, -0.15) is 0 Å². The number of likely N-dealkylation sites (N-methyl/N-ethyl adjacent to an activating group) is 2. The fraction of sp³-hybridized carbons (Fsp3) is 0.606. The molecular formula is C33H55MnN4O10+. The molecule has 1 radical (unpaired) electrons. The first-order chi connectivity index (χ1) is 21.9. The maximum absolute atomic E-state index is 12.6. The van der Waals surface area contributed by atoms with Crippen LogP contribution in [0.1, 0.15) is 50.9 Å². The van der Waals surface area contributed by atoms with E-state index in [4.69, 9.17) is 15.3 Å². The summed E-state index contributed by atoms with van der Waals surface area (Å²) in [7, 11) is 1.70. The van der Waals surface area contributed by atoms with Crippen molar-refractivity contribution in [2.75, 3.05) is 59.5 Å². The number of rotatable bonds is 21. The third-order valence-corrected chi connectivity index (χ3v) is 7.67. The van der Waals surface area contributed by atoms with E-state index >= 15 is 0 Å². The van der Waals surface area contributed by atoms with Crippen molar-refractivity contribution < 1.29 is 72.5 Å². The number of carbonyl (C=O) groups is 3. The normalized spacial score (nSPS) is 14.0. The second-order valence-electron chi connectivity index (χ2n) is 10.9. The largest absolute Gasteiger partial charge is 2.00 e. The van der Waals surface area contributed by atoms with Gasteiger partial charge in [-0.3, -0.25) is 9.69 Å². The number of nitrogens with zero attached hydrogens (tertiary/aromatic N) is 2. The van der Waals surface area contributed by atoms with Crippen molar-refractivity contribution in [3.63, 3.8) is 0 Å². The minimum Gasteiger partial charge on any atom is -0.549 e. The van der Waals surface area contributed by atoms with E-state index < -0.39 is 55.5 Å². The molecule has 2 aromatic carbocycles. The molecule has 2 rings (SSSR count). The molecule has 1 unspecified atom stereocenters. The Labute approximate surface area is 294 Å². The van der Waals surface area contributed by atoms with Gasteiger partial charge in [-0.1, -0.05) is 57.7 Å². The molecule has 5 atom stereocenters. The number of benzene rings is 2. The molecule has 0 heterocycles. The quantitative estimate of drug-likeness (QED) is 0.0492. The number of nitrogens with one attached hydrogen (secondary N) is 1. The van der Waals surface area contributed by atoms with Gasteiger partial charge in [0.1, 0.15) is 31.0 Å². The molecule has 14 nitrogen and oxygen atoms in total. The number of amides is 1. The number of aliphatic hydroxyl groups is 5. The molecule has 48 heavy (non-hydrogen) atoms. The summed E-state index contributed by atoms with van der Waals surface area (Å²) >= 11 is 0. The van der Waals surface area contributed by atoms with Crippen LogP contribution in [0.4, 0.5) is 0 Å². The van der Waals surface area contributed by atoms with E-state index in [1.807, 2.05) is 50.2 Å². The van der Waals surface area contributed by atoms with Crippen molar-refractivity contribution in [1.29, 1.82) is 0 Å². The Morgan fingerprint density at radius 1 is 0.896 bits per heavy atom. The van der Waals surface area contributed by atoms with E-state index in [9.17, 15) is 34.8 Å². The summed E-state index contributed by atoms with van der Waals surface area (Å²) < 4.78 is 0. The number of quaternary nitrogens is 1. The van der Waals surface area contributed by atoms with E-state index in [1.54, 1.807) is 18.4 Å². The van der Waals surface area contributed by atoms with Gasteiger partial charge in [-0.15, -0.1) is 0 Å². The number of aliphatic carboxylic acids is 2. The van der Waals surface area contributed by atoms with Crippen molar-refractivity contribution in [2.24, 2.45) is 0 Å². The predicted molar refractivity (Wildman–Crippen MR) is 174 cm³/mol. The van der Waals surface area contributed by atoms with E-state index in [0.29, 0.717) is 38.0 Å². The Balaban J connectivity index is 0. The van der Waals surface area contributed by atoms with Crippen LogP contribution in [0.15, 0.2) is 42.5 Å². The number of fused-ring (bicyclic) bond motifs is 1. The molecule has 1 amide bonds. The number of unbranched alkanes of at least 4 members (excludes halogenated alkanes) is 1. The van der Waals surface area contributed by atoms with Gasteiger partial charge in [-0.05, 0) is 49.2 Å². The molecular weight excluding hydrogens is 667 g/mol. The minimum absolute atomic E-state index is 0. The first-order valence-electron chi connectivity index (χ1n) is 15.7. The zero-order valence-electron chi connectivity index (χ0n) is 27.3. The van der Waals surface area contributed by atoms with Crippen LogP contribution in [-0.4, -0.2) is 143 Å². The van der Waals surface area contributed by atoms with Crippen LogP contribution >= 0.6 is 0 Å². The summed E-state index contributed by atoms with van der Waals surface area (Å²) in [5, 5.41) is 74.3. The Kier molecular flexibility index (Phi) is 25.9. The standard InChI is InChI=1S/C25H35N3O5.C7H17NO5.CH4.Mn/c1-3-27(4-2)16-17-28(18-23(29)30)22(25(32)33)14-7-8-15-26-24(31)21-13-9-11-19-10-5-6-12-20(19)21;1-8-2-4(10)6(12)7(13)5(11)3-9;;/h5-6,9-13,22H,3-4,7-8,14-18H2,1-2H3,(H,26,31)(H,29,30)(H,32,33);4-13H,2-3H2,1H3;1H4;/q;;;+2/p-1/t;4-,5+,6+,7+;;/m.0../s1. The summed E-state index contributed by atoms with van der Waals surface area (Å²) in [5.41, 5.74) is 0.595. The molecule has 0 aromatic heterocycles. The average Bonchev–Trinajstić information content (AvgIpc) is 3.04. The SMILES string of the molecule is C.CCN(CC)CCN(CC(=O)[O-])C(CCCCNC(=O)c1cccc2ccccc12)C(=O)[O-].C[NH2+]C[C@H](O)[C@@H](O)[C@H](O)[C@H](O)CO.[Mn+2]. The van der Waals surface area contributed by atoms with Gasteiger partial charge < -0.3 is 60.9 Å². The van der Waals surface area contributed by atoms with Gasteiger partial charge in [0.25, 0.3) is 5.91 Å². The molecule has 0 saturated heterocycles. The number of nitrogens with two attached hydrogens (primary N) is 1. The van der Waals surface area contributed by atoms with Gasteiger partial charge in [-0.25, -0.2) is 0 Å². The number of hydrogen-bond acceptors (Lipinski definition) is 12. The Morgan fingerprint density at radius 3 is 2.06 bits per heavy atom. The number of carbonyl (C=O) groups excluding carboxylic acids is 3. The summed E-state index contributed by atoms with van der Waals surface area (Å²) in [6, 6.07) is 12.2. The van der Waals surface area contributed by atoms with Crippen LogP contribution in [-0.2, 0) is 26.7 Å². The van der Waals surface area contributed by atoms with Crippen LogP contribution in [0, 0.1) is 0 Å². The summed E-state index contributed by atoms with van der Waals surface area (Å²) in [5.74, 6) is -2.79. The molecule has 273 valence electrons. The van der Waals surface area contributed by atoms with E-state index in [0.717, 1.165) is 23.9 Å². The van der Waals surface area contributed by atoms with Crippen LogP contribution in [0.25, 0.3) is 10.8 Å². The molecule has 0 bridgehead atoms. The molecule has 8 N–H and O–H groups in total. The molecule has 0 aliphatic heterocycles. The van der Waals surface area contributed by atoms with Gasteiger partial charge in [0.2, 0.25) is 0 Å². The Hall–Kier alpha value is -2.69. The Bertz CT molecular complexity index is 1180. The van der Waals surface area contributed by atoms with Crippen molar-refractivity contribution >= 4 is 28.6 Å². The number of aliphatic hydroxyl groups excluding tert-OH is 5. The van der Waals surface area contributed by atoms with Gasteiger partial charge >= 0.3 is 17.1 Å². The van der Waals surface area contributed by atoms with Crippen LogP contribution < -0.4 is 20.8 Å². The smallest absolute Gasteiger partial charge is 0.549 e. The summed E-state index contributed by atoms with van der Waals surface area (Å²) in [4.78, 5) is 39.0. The summed E-state index contributed by atoms with van der Waals surface area (Å²) in [6.07, 6.45) is -4.22. The molecule has 0 saturated carbocycles. The maximum atomic E-state index is 12.6. The van der Waals surface area contributed by atoms with Crippen LogP contribution in [0.2, 0.25) is 0 Å². The third-order valence-electron chi connectivity index (χ3n) is 7.67. The van der Waals surface area contributed by atoms with Crippen molar-refractivity contribution in [3.8, 4) is 0 Å². The molecule has 0 aliphatic carbocycles. The first-order valence-corrected chi connectivity index (χ1v) is 15.7. The average molecular weight is 723 g/mol. The van der Waals surface area contributed by atoms with Crippen molar-refractivity contribution in [3.05, 3.63) is 48.0 Å². The van der Waals surface area contributed by atoms with E-state index in [2.05, 4.69) is 10.2 Å². The molecule has 0 spiro atoms. The second kappa shape index (κ2) is 26.2. The topological polar surface area (TPSA) is 234 Å². The monoisotopic (exact) mass is 722 g/mol. The third kappa shape index (κ3) is 16.6. The number of carboxylic acids is 2. The van der Waals surface area contributed by atoms with Gasteiger partial charge in [0.05, 0.1) is 25.6 Å². The number of carboxylic acid groups (broad SMARTS) is 2. The molecule has 2 aromatic rings. The van der Waals surface area contributed by atoms with Crippen LogP contribution in [0.5, 0.6) is 0 Å². The fourth-order valence-corrected chi connectivity index (χ4v) is 4.90. The van der Waals surface area contributed by atoms with Crippen molar-refractivity contribution in [2.45, 2.75) is 71.0 Å². The van der Waals surface area contributed by atoms with Crippen molar-refractivity contribution in [1.82, 2.24) is 15.1 Å². The predicted octanol–water partition coefficient (Wildman–Crippen LogP) is -3.50. The second-order valence-corrected chi connectivity index (χ2v) is 10.9. The molecule has 0 fully saturated rings. The van der Waals surface area contributed by atoms with Crippen LogP contribution in [0.3, 0.4) is 0 Å². The maximum Gasteiger partial charge on any atom is 2.00 e. The zero-order valence-corrected chi connectivity index (χ0v) is 28.5. The van der Waals surface area contributed by atoms with E-state index in [-0.39, 0.29) is 43.4 Å². The first kappa shape index (κ1) is 47.4. The zero-order chi connectivity index (χ0) is 34.6. The van der Waals surface area contributed by atoms with E-state index in [1.165, 1.54) is 4.90 Å². The fourth-order valence-electron chi connectivity index (χ4n) is 4.90. The van der Waals surface area contributed by atoms with Gasteiger partial charge in [0, 0.05) is 37.8 Å². The minimum atomic E-state index is -1.53. The molecule has 15 heteroatoms. The van der Waals surface area contributed by atoms with Gasteiger partial charge in [0.15, 0.2) is 0 Å². The molecule has 0 aliphatic rings. The Morgan fingerprint density at radius 2 is 1.50 bits per heavy atom. The number of hydrogen-bond donors (Lipinski definition) is 7.